The summed E-state index contributed by atoms with van der Waals surface area (Å²) < 4.78 is 1.85. The van der Waals surface area contributed by atoms with Gasteiger partial charge in [-0.15, -0.1) is 0 Å². The molecule has 7 heteroatoms. The zero-order chi connectivity index (χ0) is 20.5. The van der Waals surface area contributed by atoms with Crippen LogP contribution in [0.2, 0.25) is 0 Å². The van der Waals surface area contributed by atoms with Gasteiger partial charge in [0.05, 0.1) is 17.0 Å². The lowest BCUT2D eigenvalue weighted by Gasteiger charge is -2.27. The van der Waals surface area contributed by atoms with E-state index in [4.69, 9.17) is 4.98 Å². The van der Waals surface area contributed by atoms with Crippen LogP contribution in [0.4, 0.5) is 0 Å². The van der Waals surface area contributed by atoms with Crippen LogP contribution in [0.5, 0.6) is 0 Å². The Labute approximate surface area is 174 Å². The second-order valence-electron chi connectivity index (χ2n) is 7.58. The number of aromatic amines is 1. The molecule has 0 spiro atoms. The van der Waals surface area contributed by atoms with Crippen LogP contribution in [-0.2, 0) is 26.6 Å². The van der Waals surface area contributed by atoms with Gasteiger partial charge in [-0.1, -0.05) is 30.3 Å². The highest BCUT2D eigenvalue weighted by Gasteiger charge is 2.23. The van der Waals surface area contributed by atoms with Gasteiger partial charge < -0.3 is 4.98 Å². The van der Waals surface area contributed by atoms with Crippen molar-refractivity contribution in [3.63, 3.8) is 0 Å². The number of aromatic nitrogens is 5. The largest absolute Gasteiger partial charge is 0.306 e. The van der Waals surface area contributed by atoms with Crippen molar-refractivity contribution >= 4 is 0 Å². The Kier molecular flexibility index (Phi) is 4.72. The lowest BCUT2D eigenvalue weighted by Crippen LogP contribution is -2.35. The minimum Gasteiger partial charge on any atom is -0.306 e. The number of benzene rings is 1. The van der Waals surface area contributed by atoms with E-state index in [1.165, 1.54) is 0 Å². The normalized spacial score (nSPS) is 13.9. The summed E-state index contributed by atoms with van der Waals surface area (Å²) in [6.45, 7) is 2.17. The predicted octanol–water partition coefficient (Wildman–Crippen LogP) is 2.79. The Hall–Kier alpha value is -3.58. The number of rotatable bonds is 4. The maximum atomic E-state index is 12.8. The monoisotopic (exact) mass is 398 g/mol. The van der Waals surface area contributed by atoms with Gasteiger partial charge in [-0.3, -0.25) is 19.4 Å². The molecule has 0 saturated heterocycles. The van der Waals surface area contributed by atoms with Crippen molar-refractivity contribution in [1.82, 2.24) is 29.6 Å². The number of fused-ring (bicyclic) bond motifs is 1. The van der Waals surface area contributed by atoms with Gasteiger partial charge in [0.15, 0.2) is 0 Å². The average molecular weight is 398 g/mol. The van der Waals surface area contributed by atoms with Crippen LogP contribution in [0, 0.1) is 0 Å². The summed E-state index contributed by atoms with van der Waals surface area (Å²) in [5.41, 5.74) is 5.70. The van der Waals surface area contributed by atoms with E-state index in [2.05, 4.69) is 38.3 Å². The van der Waals surface area contributed by atoms with Gasteiger partial charge in [0.2, 0.25) is 0 Å². The van der Waals surface area contributed by atoms with Gasteiger partial charge in [-0.25, -0.2) is 4.98 Å². The Balaban J connectivity index is 1.41. The van der Waals surface area contributed by atoms with E-state index in [-0.39, 0.29) is 5.56 Å². The highest BCUT2D eigenvalue weighted by molar-refractivity contribution is 5.62. The lowest BCUT2D eigenvalue weighted by molar-refractivity contribution is 0.242. The molecule has 5 rings (SSSR count). The van der Waals surface area contributed by atoms with Crippen LogP contribution in [-0.4, -0.2) is 36.2 Å². The van der Waals surface area contributed by atoms with Crippen molar-refractivity contribution in [3.05, 3.63) is 88.2 Å². The van der Waals surface area contributed by atoms with Crippen molar-refractivity contribution in [2.75, 3.05) is 6.54 Å². The highest BCUT2D eigenvalue weighted by atomic mass is 16.1. The Bertz CT molecular complexity index is 1230. The molecule has 30 heavy (non-hydrogen) atoms. The zero-order valence-electron chi connectivity index (χ0n) is 16.7. The number of nitrogens with zero attached hydrogens (tertiary/aromatic N) is 5. The summed E-state index contributed by atoms with van der Waals surface area (Å²) in [4.78, 5) is 26.8. The van der Waals surface area contributed by atoms with E-state index in [9.17, 15) is 4.79 Å². The second kappa shape index (κ2) is 7.68. The van der Waals surface area contributed by atoms with Gasteiger partial charge in [-0.05, 0) is 12.1 Å². The van der Waals surface area contributed by atoms with E-state index in [1.807, 2.05) is 42.1 Å². The van der Waals surface area contributed by atoms with E-state index in [1.54, 1.807) is 12.4 Å². The molecule has 0 bridgehead atoms. The standard InChI is InChI=1S/C23H22N6O/c1-28-13-18(21(27-28)16-5-3-2-4-6-16)14-29-12-9-20-19(15-29)23(30)26-22(25-20)17-7-10-24-11-8-17/h2-8,10-11,13H,9,12,14-15H2,1H3,(H,25,26,30). The Morgan fingerprint density at radius 3 is 2.67 bits per heavy atom. The third kappa shape index (κ3) is 3.55. The first-order valence-electron chi connectivity index (χ1n) is 10.00. The topological polar surface area (TPSA) is 79.7 Å². The third-order valence-electron chi connectivity index (χ3n) is 5.45. The molecule has 4 heterocycles. The van der Waals surface area contributed by atoms with Crippen LogP contribution in [0.15, 0.2) is 65.8 Å². The number of hydrogen-bond donors (Lipinski definition) is 1. The maximum absolute atomic E-state index is 12.8. The molecule has 1 N–H and O–H groups in total. The van der Waals surface area contributed by atoms with Gasteiger partial charge in [0, 0.05) is 68.4 Å². The summed E-state index contributed by atoms with van der Waals surface area (Å²) in [7, 11) is 1.94. The minimum atomic E-state index is -0.0639. The van der Waals surface area contributed by atoms with Gasteiger partial charge in [0.25, 0.3) is 5.56 Å². The van der Waals surface area contributed by atoms with Crippen LogP contribution in [0.3, 0.4) is 0 Å². The summed E-state index contributed by atoms with van der Waals surface area (Å²) in [6, 6.07) is 13.9. The Morgan fingerprint density at radius 1 is 1.07 bits per heavy atom. The average Bonchev–Trinajstić information content (AvgIpc) is 3.15. The fraction of sp³-hybridized carbons (Fsp3) is 0.217. The van der Waals surface area contributed by atoms with E-state index in [0.717, 1.165) is 53.2 Å². The zero-order valence-corrected chi connectivity index (χ0v) is 16.7. The third-order valence-corrected chi connectivity index (χ3v) is 5.45. The van der Waals surface area contributed by atoms with Crippen LogP contribution < -0.4 is 5.56 Å². The van der Waals surface area contributed by atoms with Gasteiger partial charge >= 0.3 is 0 Å². The van der Waals surface area contributed by atoms with Crippen molar-refractivity contribution < 1.29 is 0 Å². The molecule has 0 unspecified atom stereocenters. The number of nitrogens with one attached hydrogen (secondary N) is 1. The number of pyridine rings is 1. The van der Waals surface area contributed by atoms with Crippen molar-refractivity contribution in [2.45, 2.75) is 19.5 Å². The quantitative estimate of drug-likeness (QED) is 0.572. The predicted molar refractivity (Wildman–Crippen MR) is 115 cm³/mol. The molecular weight excluding hydrogens is 376 g/mol. The maximum Gasteiger partial charge on any atom is 0.255 e. The first-order chi connectivity index (χ1) is 14.7. The van der Waals surface area contributed by atoms with Crippen LogP contribution >= 0.6 is 0 Å². The van der Waals surface area contributed by atoms with E-state index in [0.29, 0.717) is 12.4 Å². The molecule has 1 aliphatic heterocycles. The van der Waals surface area contributed by atoms with E-state index < -0.39 is 0 Å². The van der Waals surface area contributed by atoms with Crippen molar-refractivity contribution in [2.24, 2.45) is 7.05 Å². The lowest BCUT2D eigenvalue weighted by atomic mass is 10.0. The molecule has 0 amide bonds. The number of H-pyrrole nitrogens is 1. The molecule has 0 radical (unpaired) electrons. The van der Waals surface area contributed by atoms with Crippen molar-refractivity contribution in [1.29, 1.82) is 0 Å². The number of hydrogen-bond acceptors (Lipinski definition) is 5. The first kappa shape index (κ1) is 18.4. The molecule has 4 aromatic rings. The second-order valence-corrected chi connectivity index (χ2v) is 7.58. The SMILES string of the molecule is Cn1cc(CN2CCc3nc(-c4ccncc4)[nH]c(=O)c3C2)c(-c2ccccc2)n1. The Morgan fingerprint density at radius 2 is 1.87 bits per heavy atom. The fourth-order valence-corrected chi connectivity index (χ4v) is 4.00. The van der Waals surface area contributed by atoms with E-state index >= 15 is 0 Å². The van der Waals surface area contributed by atoms with Crippen LogP contribution in [0.25, 0.3) is 22.6 Å². The summed E-state index contributed by atoms with van der Waals surface area (Å²) in [6.07, 6.45) is 6.22. The summed E-state index contributed by atoms with van der Waals surface area (Å²) in [5.74, 6) is 0.605. The molecule has 0 atom stereocenters. The molecule has 0 fully saturated rings. The molecule has 3 aromatic heterocycles. The van der Waals surface area contributed by atoms with Gasteiger partial charge in [-0.2, -0.15) is 5.10 Å². The number of aryl methyl sites for hydroxylation is 1. The van der Waals surface area contributed by atoms with Crippen molar-refractivity contribution in [3.8, 4) is 22.6 Å². The fourth-order valence-electron chi connectivity index (χ4n) is 4.00. The first-order valence-corrected chi connectivity index (χ1v) is 10.00. The minimum absolute atomic E-state index is 0.0639. The molecular formula is C23H22N6O. The van der Waals surface area contributed by atoms with Gasteiger partial charge in [0.1, 0.15) is 5.82 Å². The smallest absolute Gasteiger partial charge is 0.255 e. The molecule has 0 saturated carbocycles. The molecule has 150 valence electrons. The molecule has 7 nitrogen and oxygen atoms in total. The summed E-state index contributed by atoms with van der Waals surface area (Å²) in [5, 5.41) is 4.66. The van der Waals surface area contributed by atoms with Crippen LogP contribution in [0.1, 0.15) is 16.8 Å². The molecule has 1 aliphatic rings. The molecule has 1 aromatic carbocycles. The summed E-state index contributed by atoms with van der Waals surface area (Å²) >= 11 is 0. The highest BCUT2D eigenvalue weighted by Crippen LogP contribution is 2.25. The molecule has 0 aliphatic carbocycles.